The molecule has 49 heavy (non-hydrogen) atoms. The van der Waals surface area contributed by atoms with Crippen LogP contribution in [0.1, 0.15) is 16.6 Å². The Morgan fingerprint density at radius 1 is 1.14 bits per heavy atom. The van der Waals surface area contributed by atoms with Gasteiger partial charge in [-0.25, -0.2) is 22.8 Å². The summed E-state index contributed by atoms with van der Waals surface area (Å²) in [6.07, 6.45) is 1.37. The van der Waals surface area contributed by atoms with Crippen LogP contribution in [-0.2, 0) is 10.0 Å². The molecule has 252 valence electrons. The number of aliphatic hydroxyl groups is 1. The SMILES string of the molecule is CNC(=O)c1c(-c2ccc(OC(F)F)nc2)oc2cc(N(C)S(C)(=O)=O)c(-c3ccc4c(n3)-c3cc5c(F)cccc5n3C(CO)O4)cc12. The lowest BCUT2D eigenvalue weighted by Crippen LogP contribution is -2.26. The van der Waals surface area contributed by atoms with Crippen LogP contribution in [0.4, 0.5) is 18.9 Å². The largest absolute Gasteiger partial charge is 0.465 e. The molecule has 1 unspecified atom stereocenters. The number of alkyl halides is 2. The van der Waals surface area contributed by atoms with E-state index in [9.17, 15) is 31.5 Å². The summed E-state index contributed by atoms with van der Waals surface area (Å²) in [5, 5.41) is 13.3. The van der Waals surface area contributed by atoms with Gasteiger partial charge in [-0.2, -0.15) is 8.78 Å². The zero-order valence-corrected chi connectivity index (χ0v) is 26.8. The first kappa shape index (κ1) is 32.0. The van der Waals surface area contributed by atoms with E-state index in [1.807, 2.05) is 0 Å². The number of anilines is 1. The van der Waals surface area contributed by atoms with Crippen LogP contribution in [0.3, 0.4) is 0 Å². The van der Waals surface area contributed by atoms with Crippen LogP contribution < -0.4 is 19.1 Å². The molecule has 0 saturated carbocycles. The fourth-order valence-corrected chi connectivity index (χ4v) is 6.41. The van der Waals surface area contributed by atoms with Gasteiger partial charge in [-0.1, -0.05) is 6.07 Å². The highest BCUT2D eigenvalue weighted by atomic mass is 32.2. The third-order valence-corrected chi connectivity index (χ3v) is 9.41. The number of benzene rings is 2. The summed E-state index contributed by atoms with van der Waals surface area (Å²) >= 11 is 0. The highest BCUT2D eigenvalue weighted by Gasteiger charge is 2.31. The number of fused-ring (bicyclic) bond motifs is 6. The number of aliphatic hydroxyl groups excluding tert-OH is 1. The summed E-state index contributed by atoms with van der Waals surface area (Å²) in [7, 11) is -1.07. The number of ether oxygens (including phenoxy) is 2. The van der Waals surface area contributed by atoms with Gasteiger partial charge in [0, 0.05) is 54.3 Å². The fourth-order valence-electron chi connectivity index (χ4n) is 5.91. The summed E-state index contributed by atoms with van der Waals surface area (Å²) in [6.45, 7) is -3.49. The summed E-state index contributed by atoms with van der Waals surface area (Å²) in [5.74, 6) is -1.01. The van der Waals surface area contributed by atoms with E-state index >= 15 is 0 Å². The lowest BCUT2D eigenvalue weighted by atomic mass is 10.0. The van der Waals surface area contributed by atoms with Gasteiger partial charge in [0.15, 0.2) is 6.23 Å². The Bertz CT molecular complexity index is 2390. The predicted molar refractivity (Wildman–Crippen MR) is 174 cm³/mol. The van der Waals surface area contributed by atoms with Gasteiger partial charge in [-0.3, -0.25) is 9.10 Å². The third-order valence-electron chi connectivity index (χ3n) is 8.22. The second kappa shape index (κ2) is 11.8. The van der Waals surface area contributed by atoms with Crippen molar-refractivity contribution >= 4 is 43.5 Å². The van der Waals surface area contributed by atoms with Crippen LogP contribution in [0.25, 0.3) is 55.8 Å². The number of hydrogen-bond donors (Lipinski definition) is 2. The number of aromatic nitrogens is 3. The zero-order valence-electron chi connectivity index (χ0n) is 25.9. The van der Waals surface area contributed by atoms with Gasteiger partial charge in [-0.05, 0) is 42.5 Å². The van der Waals surface area contributed by atoms with E-state index < -0.39 is 41.2 Å². The second-order valence-electron chi connectivity index (χ2n) is 11.1. The molecule has 16 heteroatoms. The smallest absolute Gasteiger partial charge is 0.388 e. The predicted octanol–water partition coefficient (Wildman–Crippen LogP) is 5.56. The normalized spacial score (nSPS) is 14.1. The Hall–Kier alpha value is -5.61. The molecule has 7 rings (SSSR count). The van der Waals surface area contributed by atoms with E-state index in [-0.39, 0.29) is 50.7 Å². The van der Waals surface area contributed by atoms with Crippen molar-refractivity contribution in [3.63, 3.8) is 0 Å². The highest BCUT2D eigenvalue weighted by molar-refractivity contribution is 7.92. The van der Waals surface area contributed by atoms with Gasteiger partial charge in [0.2, 0.25) is 15.9 Å². The number of amides is 1. The van der Waals surface area contributed by atoms with Crippen LogP contribution in [-0.4, -0.2) is 67.5 Å². The van der Waals surface area contributed by atoms with Crippen molar-refractivity contribution in [3.05, 3.63) is 78.2 Å². The molecular weight excluding hydrogens is 667 g/mol. The average Bonchev–Trinajstić information content (AvgIpc) is 3.66. The van der Waals surface area contributed by atoms with Gasteiger partial charge in [0.05, 0.1) is 41.0 Å². The molecular formula is C33H26F3N5O7S. The average molecular weight is 694 g/mol. The number of nitrogens with zero attached hydrogens (tertiary/aromatic N) is 4. The molecule has 2 aromatic carbocycles. The zero-order chi connectivity index (χ0) is 34.8. The number of carbonyl (C=O) groups excluding carboxylic acids is 1. The molecule has 0 aliphatic carbocycles. The van der Waals surface area contributed by atoms with E-state index in [0.717, 1.165) is 10.6 Å². The van der Waals surface area contributed by atoms with Crippen LogP contribution in [0.5, 0.6) is 11.6 Å². The summed E-state index contributed by atoms with van der Waals surface area (Å²) < 4.78 is 85.2. The topological polar surface area (TPSA) is 149 Å². The monoisotopic (exact) mass is 693 g/mol. The minimum atomic E-state index is -3.84. The minimum absolute atomic E-state index is 0.0453. The number of halogens is 3. The van der Waals surface area contributed by atoms with E-state index in [4.69, 9.17) is 14.1 Å². The Morgan fingerprint density at radius 3 is 2.61 bits per heavy atom. The molecule has 0 spiro atoms. The lowest BCUT2D eigenvalue weighted by Gasteiger charge is -2.28. The highest BCUT2D eigenvalue weighted by Crippen LogP contribution is 2.45. The Morgan fingerprint density at radius 2 is 1.94 bits per heavy atom. The molecule has 12 nitrogen and oxygen atoms in total. The van der Waals surface area contributed by atoms with Crippen LogP contribution in [0.15, 0.2) is 71.3 Å². The number of carbonyl (C=O) groups is 1. The molecule has 1 atom stereocenters. The molecule has 0 saturated heterocycles. The van der Waals surface area contributed by atoms with Gasteiger partial charge in [-0.15, -0.1) is 0 Å². The maximum absolute atomic E-state index is 14.9. The second-order valence-corrected chi connectivity index (χ2v) is 13.1. The van der Waals surface area contributed by atoms with Crippen molar-refractivity contribution < 1.29 is 45.4 Å². The van der Waals surface area contributed by atoms with Gasteiger partial charge >= 0.3 is 6.61 Å². The number of nitrogens with one attached hydrogen (secondary N) is 1. The van der Waals surface area contributed by atoms with E-state index in [2.05, 4.69) is 15.0 Å². The number of rotatable bonds is 8. The first-order chi connectivity index (χ1) is 23.4. The van der Waals surface area contributed by atoms with Crippen molar-refractivity contribution in [1.29, 1.82) is 0 Å². The maximum atomic E-state index is 14.9. The van der Waals surface area contributed by atoms with Crippen molar-refractivity contribution in [2.45, 2.75) is 12.8 Å². The Kier molecular flexibility index (Phi) is 7.71. The molecule has 4 aromatic heterocycles. The van der Waals surface area contributed by atoms with Crippen LogP contribution in [0.2, 0.25) is 0 Å². The van der Waals surface area contributed by atoms with E-state index in [1.54, 1.807) is 41.0 Å². The molecule has 5 heterocycles. The van der Waals surface area contributed by atoms with Crippen molar-refractivity contribution in [1.82, 2.24) is 19.9 Å². The molecule has 1 aliphatic heterocycles. The molecule has 0 fully saturated rings. The molecule has 2 N–H and O–H groups in total. The van der Waals surface area contributed by atoms with Gasteiger partial charge in [0.25, 0.3) is 5.91 Å². The molecule has 6 aromatic rings. The van der Waals surface area contributed by atoms with Crippen molar-refractivity contribution in [2.75, 3.05) is 31.3 Å². The van der Waals surface area contributed by atoms with Gasteiger partial charge in [0.1, 0.15) is 28.6 Å². The Labute approximate surface area is 276 Å². The molecule has 1 amide bonds. The summed E-state index contributed by atoms with van der Waals surface area (Å²) in [6, 6.07) is 15.0. The van der Waals surface area contributed by atoms with Crippen LogP contribution in [0, 0.1) is 5.82 Å². The quantitative estimate of drug-likeness (QED) is 0.209. The molecule has 1 aliphatic rings. The first-order valence-electron chi connectivity index (χ1n) is 14.7. The fraction of sp³-hybridized carbons (Fsp3) is 0.182. The van der Waals surface area contributed by atoms with Crippen LogP contribution >= 0.6 is 0 Å². The van der Waals surface area contributed by atoms with E-state index in [0.29, 0.717) is 28.0 Å². The third kappa shape index (κ3) is 5.38. The first-order valence-corrected chi connectivity index (χ1v) is 16.5. The standard InChI is InChI=1S/C33H26F3N5O7S/c1-37-32(43)29-19-11-18(21-8-9-25-30(39-21)24-12-17-20(34)5-4-6-22(17)41(24)28(15-42)46-25)23(40(2)49(3,44)45)13-26(19)47-31(29)16-7-10-27(38-14-16)48-33(35)36/h4-14,28,33,42H,15H2,1-3H3,(H,37,43). The van der Waals surface area contributed by atoms with Gasteiger partial charge < -0.3 is 28.9 Å². The molecule has 0 bridgehead atoms. The van der Waals surface area contributed by atoms with E-state index in [1.165, 1.54) is 44.6 Å². The molecule has 0 radical (unpaired) electrons. The summed E-state index contributed by atoms with van der Waals surface area (Å²) in [4.78, 5) is 22.1. The van der Waals surface area contributed by atoms with Crippen molar-refractivity contribution in [2.24, 2.45) is 0 Å². The Balaban J connectivity index is 1.46. The maximum Gasteiger partial charge on any atom is 0.388 e. The van der Waals surface area contributed by atoms with Crippen molar-refractivity contribution in [3.8, 4) is 45.6 Å². The lowest BCUT2D eigenvalue weighted by molar-refractivity contribution is -0.0528. The minimum Gasteiger partial charge on any atom is -0.465 e. The number of hydrogen-bond acceptors (Lipinski definition) is 9. The number of pyridine rings is 2. The number of furan rings is 1. The summed E-state index contributed by atoms with van der Waals surface area (Å²) in [5.41, 5.74) is 2.44. The number of sulfonamides is 1.